The lowest BCUT2D eigenvalue weighted by molar-refractivity contribution is 0.0831. The highest BCUT2D eigenvalue weighted by atomic mass is 16.7. The predicted molar refractivity (Wildman–Crippen MR) is 111 cm³/mol. The number of ether oxygens (including phenoxy) is 4. The van der Waals surface area contributed by atoms with Crippen molar-refractivity contribution in [1.82, 2.24) is 0 Å². The zero-order valence-electron chi connectivity index (χ0n) is 16.6. The van der Waals surface area contributed by atoms with Gasteiger partial charge in [-0.2, -0.15) is 0 Å². The van der Waals surface area contributed by atoms with Crippen molar-refractivity contribution in [3.63, 3.8) is 0 Å². The molecule has 0 heterocycles. The zero-order valence-corrected chi connectivity index (χ0v) is 16.6. The molecule has 1 radical (unpaired) electrons. The maximum atomic E-state index is 12.1. The molecule has 0 bridgehead atoms. The van der Waals surface area contributed by atoms with Crippen molar-refractivity contribution in [2.45, 2.75) is 19.3 Å². The summed E-state index contributed by atoms with van der Waals surface area (Å²) in [4.78, 5) is 24.2. The molecule has 1 N–H and O–H groups in total. The lowest BCUT2D eigenvalue weighted by Gasteiger charge is -2.13. The second kappa shape index (κ2) is 10.8. The minimum absolute atomic E-state index is 0.00658. The van der Waals surface area contributed by atoms with Crippen molar-refractivity contribution in [3.8, 4) is 11.5 Å². The van der Waals surface area contributed by atoms with Crippen LogP contribution in [-0.4, -0.2) is 17.4 Å². The summed E-state index contributed by atoms with van der Waals surface area (Å²) in [6.45, 7) is 3.54. The Kier molecular flexibility index (Phi) is 7.61. The molecule has 0 spiro atoms. The van der Waals surface area contributed by atoms with E-state index in [0.29, 0.717) is 5.56 Å². The Bertz CT molecular complexity index is 1000. The van der Waals surface area contributed by atoms with Crippen molar-refractivity contribution in [1.29, 1.82) is 0 Å². The number of carbonyl (C=O) groups excluding carboxylic acids is 2. The fourth-order valence-electron chi connectivity index (χ4n) is 2.57. The largest absolute Gasteiger partial charge is 0.514 e. The van der Waals surface area contributed by atoms with Crippen molar-refractivity contribution in [2.75, 3.05) is 0 Å². The van der Waals surface area contributed by atoms with E-state index >= 15 is 0 Å². The number of rotatable bonds is 7. The molecule has 1 atom stereocenters. The second-order valence-electron chi connectivity index (χ2n) is 6.47. The van der Waals surface area contributed by atoms with Crippen molar-refractivity contribution in [2.24, 2.45) is 0 Å². The normalized spacial score (nSPS) is 11.3. The summed E-state index contributed by atoms with van der Waals surface area (Å²) in [5.41, 5.74) is 1.93. The lowest BCUT2D eigenvalue weighted by atomic mass is 10.1. The number of aliphatic hydroxyl groups is 1. The van der Waals surface area contributed by atoms with E-state index in [4.69, 9.17) is 18.9 Å². The molecule has 0 aromatic heterocycles. The van der Waals surface area contributed by atoms with Crippen LogP contribution in [0.4, 0.5) is 9.59 Å². The summed E-state index contributed by atoms with van der Waals surface area (Å²) in [7, 11) is 0. The number of benzene rings is 3. The number of carbonyl (C=O) groups is 2. The maximum absolute atomic E-state index is 12.1. The minimum Gasteiger partial charge on any atom is -0.429 e. The van der Waals surface area contributed by atoms with E-state index in [1.807, 2.05) is 36.4 Å². The molecule has 3 aromatic rings. The summed E-state index contributed by atoms with van der Waals surface area (Å²) < 4.78 is 20.5. The van der Waals surface area contributed by atoms with Crippen LogP contribution >= 0.6 is 0 Å². The van der Waals surface area contributed by atoms with Gasteiger partial charge in [0.15, 0.2) is 11.5 Å². The van der Waals surface area contributed by atoms with Gasteiger partial charge in [-0.05, 0) is 35.7 Å². The van der Waals surface area contributed by atoms with Crippen molar-refractivity contribution < 1.29 is 33.6 Å². The van der Waals surface area contributed by atoms with Crippen molar-refractivity contribution in [3.05, 3.63) is 102 Å². The van der Waals surface area contributed by atoms with Gasteiger partial charge in [0, 0.05) is 0 Å². The fourth-order valence-corrected chi connectivity index (χ4v) is 2.57. The molecule has 0 saturated carbocycles. The Hall–Kier alpha value is -3.84. The lowest BCUT2D eigenvalue weighted by Crippen LogP contribution is -2.14. The van der Waals surface area contributed by atoms with Gasteiger partial charge >= 0.3 is 12.3 Å². The fraction of sp³-hybridized carbons (Fsp3) is 0.125. The maximum Gasteiger partial charge on any atom is 0.514 e. The molecular weight excluding hydrogens is 400 g/mol. The Balaban J connectivity index is 1.65. The molecule has 0 amide bonds. The van der Waals surface area contributed by atoms with E-state index in [1.54, 1.807) is 24.3 Å². The third kappa shape index (κ3) is 6.87. The van der Waals surface area contributed by atoms with Crippen LogP contribution in [0.15, 0.2) is 78.9 Å². The standard InChI is InChI=1S/C24H21O7/c1-17(25)20-12-13-21(30-23(26)28-15-18-8-4-2-5-9-18)22(14-20)31-24(27)29-16-19-10-6-3-7-11-19/h2-14,17,25H,1,15-16H2. The highest BCUT2D eigenvalue weighted by molar-refractivity contribution is 5.69. The second-order valence-corrected chi connectivity index (χ2v) is 6.47. The minimum atomic E-state index is -1.07. The average Bonchev–Trinajstić information content (AvgIpc) is 2.79. The van der Waals surface area contributed by atoms with E-state index in [9.17, 15) is 14.7 Å². The van der Waals surface area contributed by atoms with Gasteiger partial charge < -0.3 is 24.1 Å². The van der Waals surface area contributed by atoms with Crippen LogP contribution in [0.3, 0.4) is 0 Å². The molecule has 31 heavy (non-hydrogen) atoms. The smallest absolute Gasteiger partial charge is 0.429 e. The zero-order chi connectivity index (χ0) is 22.1. The van der Waals surface area contributed by atoms with Crippen LogP contribution in [0.25, 0.3) is 0 Å². The van der Waals surface area contributed by atoms with Gasteiger partial charge in [0.25, 0.3) is 0 Å². The third-order valence-electron chi connectivity index (χ3n) is 4.14. The van der Waals surface area contributed by atoms with E-state index in [-0.39, 0.29) is 24.7 Å². The van der Waals surface area contributed by atoms with Crippen LogP contribution in [-0.2, 0) is 22.7 Å². The first kappa shape index (κ1) is 21.9. The summed E-state index contributed by atoms with van der Waals surface area (Å²) >= 11 is 0. The Labute approximate surface area is 179 Å². The van der Waals surface area contributed by atoms with Crippen LogP contribution in [0.2, 0.25) is 0 Å². The summed E-state index contributed by atoms with van der Waals surface area (Å²) in [6, 6.07) is 22.3. The van der Waals surface area contributed by atoms with Crippen LogP contribution in [0, 0.1) is 6.92 Å². The molecular formula is C24H21O7. The quantitative estimate of drug-likeness (QED) is 0.425. The van der Waals surface area contributed by atoms with Crippen molar-refractivity contribution >= 4 is 12.3 Å². The number of aliphatic hydroxyl groups excluding tert-OH is 1. The number of hydrogen-bond donors (Lipinski definition) is 1. The van der Waals surface area contributed by atoms with E-state index < -0.39 is 18.4 Å². The Morgan fingerprint density at radius 1 is 0.742 bits per heavy atom. The topological polar surface area (TPSA) is 91.3 Å². The highest BCUT2D eigenvalue weighted by Gasteiger charge is 2.18. The van der Waals surface area contributed by atoms with E-state index in [0.717, 1.165) is 11.1 Å². The predicted octanol–water partition coefficient (Wildman–Crippen LogP) is 4.99. The van der Waals surface area contributed by atoms with E-state index in [2.05, 4.69) is 6.92 Å². The average molecular weight is 421 g/mol. The van der Waals surface area contributed by atoms with Gasteiger partial charge in [-0.15, -0.1) is 0 Å². The van der Waals surface area contributed by atoms with Crippen LogP contribution in [0.1, 0.15) is 22.8 Å². The Morgan fingerprint density at radius 2 is 1.23 bits per heavy atom. The molecule has 3 aromatic carbocycles. The first-order valence-corrected chi connectivity index (χ1v) is 9.43. The van der Waals surface area contributed by atoms with Crippen LogP contribution in [0.5, 0.6) is 11.5 Å². The summed E-state index contributed by atoms with van der Waals surface area (Å²) in [6.07, 6.45) is -3.04. The number of hydrogen-bond acceptors (Lipinski definition) is 7. The molecule has 0 aliphatic rings. The molecule has 0 aliphatic heterocycles. The SMILES string of the molecule is [CH2]C(O)c1ccc(OC(=O)OCc2ccccc2)c(OC(=O)OCc2ccccc2)c1. The van der Waals surface area contributed by atoms with Gasteiger partial charge in [-0.3, -0.25) is 0 Å². The third-order valence-corrected chi connectivity index (χ3v) is 4.14. The molecule has 0 saturated heterocycles. The van der Waals surface area contributed by atoms with Gasteiger partial charge in [-0.25, -0.2) is 9.59 Å². The Morgan fingerprint density at radius 3 is 1.71 bits per heavy atom. The molecule has 1 unspecified atom stereocenters. The molecule has 0 aliphatic carbocycles. The molecule has 159 valence electrons. The molecule has 0 fully saturated rings. The van der Waals surface area contributed by atoms with Gasteiger partial charge in [-0.1, -0.05) is 66.7 Å². The molecule has 7 nitrogen and oxygen atoms in total. The summed E-state index contributed by atoms with van der Waals surface area (Å²) in [5.74, 6) is -0.186. The van der Waals surface area contributed by atoms with Crippen LogP contribution < -0.4 is 9.47 Å². The van der Waals surface area contributed by atoms with Gasteiger partial charge in [0.05, 0.1) is 6.10 Å². The monoisotopic (exact) mass is 421 g/mol. The highest BCUT2D eigenvalue weighted by Crippen LogP contribution is 2.31. The molecule has 3 rings (SSSR count). The molecule has 7 heteroatoms. The first-order valence-electron chi connectivity index (χ1n) is 9.43. The first-order chi connectivity index (χ1) is 15.0. The summed E-state index contributed by atoms with van der Waals surface area (Å²) in [5, 5.41) is 9.70. The van der Waals surface area contributed by atoms with Gasteiger partial charge in [0.2, 0.25) is 0 Å². The van der Waals surface area contributed by atoms with E-state index in [1.165, 1.54) is 18.2 Å². The van der Waals surface area contributed by atoms with Gasteiger partial charge in [0.1, 0.15) is 13.2 Å².